The molecule has 0 fully saturated rings. The zero-order valence-corrected chi connectivity index (χ0v) is 24.4. The molecule has 44 heavy (non-hydrogen) atoms. The van der Waals surface area contributed by atoms with Gasteiger partial charge in [0, 0.05) is 28.5 Å². The van der Waals surface area contributed by atoms with Crippen LogP contribution in [0.5, 0.6) is 0 Å². The maximum Gasteiger partial charge on any atom is 0.227 e. The topological polar surface area (TPSA) is 38.9 Å². The Morgan fingerprint density at radius 2 is 1.16 bits per heavy atom. The van der Waals surface area contributed by atoms with Gasteiger partial charge in [-0.2, -0.15) is 0 Å². The van der Waals surface area contributed by atoms with Gasteiger partial charge in [0.05, 0.1) is 0 Å². The fraction of sp³-hybridized carbons (Fsp3) is 0. The van der Waals surface area contributed by atoms with Crippen molar-refractivity contribution >= 4 is 33.5 Å². The van der Waals surface area contributed by atoms with Gasteiger partial charge in [0.1, 0.15) is 5.52 Å². The van der Waals surface area contributed by atoms with Gasteiger partial charge < -0.3 is 4.42 Å². The second-order valence-electron chi connectivity index (χ2n) is 10.8. The van der Waals surface area contributed by atoms with Crippen molar-refractivity contribution in [2.75, 3.05) is 0 Å². The van der Waals surface area contributed by atoms with Gasteiger partial charge >= 0.3 is 0 Å². The first-order valence-electron chi connectivity index (χ1n) is 14.5. The van der Waals surface area contributed by atoms with Crippen molar-refractivity contribution < 1.29 is 4.42 Å². The molecule has 2 heterocycles. The molecule has 6 aromatic carbocycles. The summed E-state index contributed by atoms with van der Waals surface area (Å²) in [7, 11) is 0. The third-order valence-electron chi connectivity index (χ3n) is 8.10. The number of hydrogen-bond donors (Lipinski definition) is 0. The van der Waals surface area contributed by atoms with E-state index in [0.29, 0.717) is 10.9 Å². The Labute approximate surface area is 260 Å². The summed E-state index contributed by atoms with van der Waals surface area (Å²) >= 11 is 6.15. The third-order valence-corrected chi connectivity index (χ3v) is 8.35. The molecule has 0 saturated heterocycles. The van der Waals surface area contributed by atoms with Gasteiger partial charge in [-0.05, 0) is 92.2 Å². The van der Waals surface area contributed by atoms with Gasteiger partial charge in [0.25, 0.3) is 0 Å². The molecule has 0 unspecified atom stereocenters. The van der Waals surface area contributed by atoms with E-state index in [-0.39, 0.29) is 0 Å². The van der Waals surface area contributed by atoms with Crippen molar-refractivity contribution in [3.05, 3.63) is 157 Å². The SMILES string of the molecule is Clc1ccc(-c2nc3c(-c4ccc(-c5cccnc5)cc4)cc(-c4ccc(-c5cccc6ccccc56)cc4)cc3o2)cc1. The highest BCUT2D eigenvalue weighted by molar-refractivity contribution is 6.30. The molecular weight excluding hydrogens is 560 g/mol. The van der Waals surface area contributed by atoms with Crippen molar-refractivity contribution in [3.8, 4) is 56.0 Å². The molecule has 3 nitrogen and oxygen atoms in total. The Hall–Kier alpha value is -5.51. The molecule has 0 amide bonds. The van der Waals surface area contributed by atoms with Crippen LogP contribution in [0.3, 0.4) is 0 Å². The first-order chi connectivity index (χ1) is 21.7. The molecule has 0 atom stereocenters. The molecule has 0 N–H and O–H groups in total. The van der Waals surface area contributed by atoms with Gasteiger partial charge in [-0.25, -0.2) is 4.98 Å². The maximum atomic E-state index is 6.39. The quantitative estimate of drug-likeness (QED) is 0.202. The predicted octanol–water partition coefficient (Wildman–Crippen LogP) is 11.4. The number of fused-ring (bicyclic) bond motifs is 2. The monoisotopic (exact) mass is 584 g/mol. The minimum absolute atomic E-state index is 0.563. The van der Waals surface area contributed by atoms with Crippen molar-refractivity contribution in [3.63, 3.8) is 0 Å². The van der Waals surface area contributed by atoms with E-state index >= 15 is 0 Å². The Kier molecular flexibility index (Phi) is 6.51. The van der Waals surface area contributed by atoms with Crippen LogP contribution in [0.15, 0.2) is 156 Å². The summed E-state index contributed by atoms with van der Waals surface area (Å²) in [6.07, 6.45) is 3.67. The van der Waals surface area contributed by atoms with Crippen LogP contribution in [0, 0.1) is 0 Å². The highest BCUT2D eigenvalue weighted by Crippen LogP contribution is 2.38. The molecule has 2 aromatic heterocycles. The van der Waals surface area contributed by atoms with Crippen LogP contribution in [-0.2, 0) is 0 Å². The minimum Gasteiger partial charge on any atom is -0.436 e. The highest BCUT2D eigenvalue weighted by atomic mass is 35.5. The van der Waals surface area contributed by atoms with Gasteiger partial charge in [0.15, 0.2) is 5.58 Å². The summed E-state index contributed by atoms with van der Waals surface area (Å²) in [5.41, 5.74) is 11.3. The molecule has 0 bridgehead atoms. The summed E-state index contributed by atoms with van der Waals surface area (Å²) in [6, 6.07) is 48.2. The number of nitrogens with zero attached hydrogens (tertiary/aromatic N) is 2. The number of benzene rings is 6. The maximum absolute atomic E-state index is 6.39. The molecule has 208 valence electrons. The number of halogens is 1. The van der Waals surface area contributed by atoms with E-state index in [4.69, 9.17) is 21.0 Å². The summed E-state index contributed by atoms with van der Waals surface area (Å²) in [6.45, 7) is 0. The zero-order valence-electron chi connectivity index (χ0n) is 23.6. The van der Waals surface area contributed by atoms with E-state index in [0.717, 1.165) is 50.0 Å². The molecule has 4 heteroatoms. The first-order valence-corrected chi connectivity index (χ1v) is 14.9. The molecule has 0 saturated carbocycles. The molecule has 0 aliphatic carbocycles. The van der Waals surface area contributed by atoms with Gasteiger partial charge in [-0.15, -0.1) is 0 Å². The number of hydrogen-bond acceptors (Lipinski definition) is 3. The zero-order chi connectivity index (χ0) is 29.5. The largest absolute Gasteiger partial charge is 0.436 e. The third kappa shape index (κ3) is 4.84. The second kappa shape index (κ2) is 11.0. The number of rotatable bonds is 5. The van der Waals surface area contributed by atoms with Gasteiger partial charge in [-0.1, -0.05) is 109 Å². The fourth-order valence-corrected chi connectivity index (χ4v) is 5.95. The van der Waals surface area contributed by atoms with Crippen LogP contribution in [-0.4, -0.2) is 9.97 Å². The highest BCUT2D eigenvalue weighted by Gasteiger charge is 2.16. The summed E-state index contributed by atoms with van der Waals surface area (Å²) < 4.78 is 6.39. The number of pyridine rings is 1. The van der Waals surface area contributed by atoms with E-state index in [1.54, 1.807) is 6.20 Å². The van der Waals surface area contributed by atoms with Crippen molar-refractivity contribution in [1.82, 2.24) is 9.97 Å². The molecule has 0 aliphatic rings. The Morgan fingerprint density at radius 1 is 0.500 bits per heavy atom. The van der Waals surface area contributed by atoms with Gasteiger partial charge in [-0.3, -0.25) is 4.98 Å². The average Bonchev–Trinajstić information content (AvgIpc) is 3.53. The standard InChI is InChI=1S/C40H25ClN2O/c41-34-20-18-31(19-21-34)40-43-39-37(30-16-10-26(11-17-30)32-7-4-22-42-25-32)23-33(24-38(39)44-40)27-12-14-29(15-13-27)36-9-3-6-28-5-1-2-8-35(28)36/h1-25H. The molecule has 8 rings (SSSR count). The predicted molar refractivity (Wildman–Crippen MR) is 181 cm³/mol. The Morgan fingerprint density at radius 3 is 1.91 bits per heavy atom. The van der Waals surface area contributed by atoms with Crippen LogP contribution in [0.1, 0.15) is 0 Å². The van der Waals surface area contributed by atoms with Crippen molar-refractivity contribution in [2.24, 2.45) is 0 Å². The van der Waals surface area contributed by atoms with E-state index in [2.05, 4.69) is 114 Å². The van der Waals surface area contributed by atoms with Gasteiger partial charge in [0.2, 0.25) is 5.89 Å². The summed E-state index contributed by atoms with van der Waals surface area (Å²) in [4.78, 5) is 9.24. The molecule has 0 radical (unpaired) electrons. The van der Waals surface area contributed by atoms with Crippen LogP contribution in [0.4, 0.5) is 0 Å². The number of oxazole rings is 1. The lowest BCUT2D eigenvalue weighted by molar-refractivity contribution is 0.620. The first kappa shape index (κ1) is 26.1. The summed E-state index contributed by atoms with van der Waals surface area (Å²) in [5.74, 6) is 0.563. The summed E-state index contributed by atoms with van der Waals surface area (Å²) in [5, 5.41) is 3.16. The van der Waals surface area contributed by atoms with Crippen LogP contribution in [0.2, 0.25) is 5.02 Å². The average molecular weight is 585 g/mol. The van der Waals surface area contributed by atoms with E-state index < -0.39 is 0 Å². The van der Waals surface area contributed by atoms with Crippen LogP contribution in [0.25, 0.3) is 77.8 Å². The molecular formula is C40H25ClN2O. The van der Waals surface area contributed by atoms with Crippen LogP contribution >= 0.6 is 11.6 Å². The smallest absolute Gasteiger partial charge is 0.227 e. The lowest BCUT2D eigenvalue weighted by Crippen LogP contribution is -1.87. The van der Waals surface area contributed by atoms with Crippen molar-refractivity contribution in [1.29, 1.82) is 0 Å². The molecule has 8 aromatic rings. The Balaban J connectivity index is 1.24. The lowest BCUT2D eigenvalue weighted by atomic mass is 9.94. The normalized spacial score (nSPS) is 11.3. The van der Waals surface area contributed by atoms with E-state index in [1.807, 2.05) is 36.5 Å². The van der Waals surface area contributed by atoms with E-state index in [9.17, 15) is 0 Å². The Bertz CT molecular complexity index is 2250. The lowest BCUT2D eigenvalue weighted by Gasteiger charge is -2.10. The molecule has 0 aliphatic heterocycles. The minimum atomic E-state index is 0.563. The number of aromatic nitrogens is 2. The van der Waals surface area contributed by atoms with Crippen molar-refractivity contribution in [2.45, 2.75) is 0 Å². The molecule has 0 spiro atoms. The fourth-order valence-electron chi connectivity index (χ4n) is 5.83. The van der Waals surface area contributed by atoms with Crippen LogP contribution < -0.4 is 0 Å². The van der Waals surface area contributed by atoms with E-state index in [1.165, 1.54) is 21.9 Å². The second-order valence-corrected chi connectivity index (χ2v) is 11.3.